The van der Waals surface area contributed by atoms with Crippen molar-refractivity contribution in [1.29, 1.82) is 0 Å². The van der Waals surface area contributed by atoms with Crippen LogP contribution in [0.4, 0.5) is 0 Å². The molecule has 0 aromatic carbocycles. The van der Waals surface area contributed by atoms with Gasteiger partial charge in [-0.1, -0.05) is 27.7 Å². The minimum atomic E-state index is 0.0697. The van der Waals surface area contributed by atoms with Crippen molar-refractivity contribution in [2.45, 2.75) is 40.5 Å². The van der Waals surface area contributed by atoms with E-state index in [4.69, 9.17) is 5.73 Å². The summed E-state index contributed by atoms with van der Waals surface area (Å²) in [4.78, 5) is 11.3. The van der Waals surface area contributed by atoms with Crippen LogP contribution in [0.25, 0.3) is 0 Å². The molecule has 14 heavy (non-hydrogen) atoms. The molecule has 0 radical (unpaired) electrons. The highest BCUT2D eigenvalue weighted by Crippen LogP contribution is 2.20. The standard InChI is InChI=1S/C11H24N2O/c1-9(2)10(14)13-8-11(3,4)6-5-7-12/h9H,5-8,12H2,1-4H3,(H,13,14). The molecule has 0 heterocycles. The lowest BCUT2D eigenvalue weighted by Crippen LogP contribution is -2.36. The number of nitrogens with two attached hydrogens (primary N) is 1. The minimum Gasteiger partial charge on any atom is -0.355 e. The van der Waals surface area contributed by atoms with Gasteiger partial charge in [-0.15, -0.1) is 0 Å². The Labute approximate surface area is 87.4 Å². The van der Waals surface area contributed by atoms with Crippen LogP contribution in [0.2, 0.25) is 0 Å². The summed E-state index contributed by atoms with van der Waals surface area (Å²) < 4.78 is 0. The van der Waals surface area contributed by atoms with E-state index >= 15 is 0 Å². The Bertz CT molecular complexity index is 176. The molecule has 0 saturated heterocycles. The van der Waals surface area contributed by atoms with E-state index in [9.17, 15) is 4.79 Å². The molecule has 3 N–H and O–H groups in total. The summed E-state index contributed by atoms with van der Waals surface area (Å²) in [6.45, 7) is 9.59. The maximum atomic E-state index is 11.3. The topological polar surface area (TPSA) is 55.1 Å². The highest BCUT2D eigenvalue weighted by atomic mass is 16.1. The predicted octanol–water partition coefficient (Wildman–Crippen LogP) is 1.52. The molecule has 3 nitrogen and oxygen atoms in total. The smallest absolute Gasteiger partial charge is 0.222 e. The summed E-state index contributed by atoms with van der Waals surface area (Å²) >= 11 is 0. The van der Waals surface area contributed by atoms with Crippen LogP contribution in [-0.4, -0.2) is 19.0 Å². The van der Waals surface area contributed by atoms with Gasteiger partial charge in [0.25, 0.3) is 0 Å². The maximum Gasteiger partial charge on any atom is 0.222 e. The molecule has 0 atom stereocenters. The van der Waals surface area contributed by atoms with E-state index in [2.05, 4.69) is 19.2 Å². The molecule has 0 saturated carbocycles. The van der Waals surface area contributed by atoms with Crippen LogP contribution < -0.4 is 11.1 Å². The molecule has 0 aliphatic heterocycles. The number of carbonyl (C=O) groups is 1. The van der Waals surface area contributed by atoms with Gasteiger partial charge in [0.2, 0.25) is 5.91 Å². The van der Waals surface area contributed by atoms with Crippen LogP contribution in [0, 0.1) is 11.3 Å². The van der Waals surface area contributed by atoms with E-state index in [0.29, 0.717) is 0 Å². The first kappa shape index (κ1) is 13.4. The number of hydrogen-bond donors (Lipinski definition) is 2. The lowest BCUT2D eigenvalue weighted by molar-refractivity contribution is -0.124. The predicted molar refractivity (Wildman–Crippen MR) is 59.9 cm³/mol. The van der Waals surface area contributed by atoms with E-state index in [-0.39, 0.29) is 17.2 Å². The molecule has 0 aliphatic carbocycles. The van der Waals surface area contributed by atoms with Crippen molar-refractivity contribution in [3.63, 3.8) is 0 Å². The summed E-state index contributed by atoms with van der Waals surface area (Å²) in [7, 11) is 0. The normalized spacial score (nSPS) is 11.9. The van der Waals surface area contributed by atoms with E-state index < -0.39 is 0 Å². The third kappa shape index (κ3) is 5.97. The fourth-order valence-corrected chi connectivity index (χ4v) is 1.20. The van der Waals surface area contributed by atoms with E-state index in [1.165, 1.54) is 0 Å². The van der Waals surface area contributed by atoms with Gasteiger partial charge in [-0.05, 0) is 24.8 Å². The first-order valence-corrected chi connectivity index (χ1v) is 5.37. The van der Waals surface area contributed by atoms with Crippen molar-refractivity contribution in [2.24, 2.45) is 17.1 Å². The van der Waals surface area contributed by atoms with Crippen molar-refractivity contribution in [2.75, 3.05) is 13.1 Å². The number of rotatable bonds is 6. The zero-order valence-corrected chi connectivity index (χ0v) is 9.89. The third-order valence-corrected chi connectivity index (χ3v) is 2.32. The second-order valence-corrected chi connectivity index (χ2v) is 4.93. The van der Waals surface area contributed by atoms with E-state index in [1.807, 2.05) is 13.8 Å². The van der Waals surface area contributed by atoms with Gasteiger partial charge in [0.05, 0.1) is 0 Å². The summed E-state index contributed by atoms with van der Waals surface area (Å²) in [6, 6.07) is 0. The van der Waals surface area contributed by atoms with Crippen LogP contribution in [0.1, 0.15) is 40.5 Å². The van der Waals surface area contributed by atoms with Crippen molar-refractivity contribution < 1.29 is 4.79 Å². The van der Waals surface area contributed by atoms with Gasteiger partial charge in [-0.25, -0.2) is 0 Å². The number of nitrogens with one attached hydrogen (secondary N) is 1. The number of carbonyl (C=O) groups excluding carboxylic acids is 1. The van der Waals surface area contributed by atoms with Crippen LogP contribution in [0.3, 0.4) is 0 Å². The van der Waals surface area contributed by atoms with Crippen LogP contribution in [0.5, 0.6) is 0 Å². The molecule has 0 unspecified atom stereocenters. The Morgan fingerprint density at radius 1 is 1.43 bits per heavy atom. The lowest BCUT2D eigenvalue weighted by Gasteiger charge is -2.25. The molecule has 0 bridgehead atoms. The molecule has 84 valence electrons. The van der Waals surface area contributed by atoms with Gasteiger partial charge < -0.3 is 11.1 Å². The van der Waals surface area contributed by atoms with Crippen molar-refractivity contribution >= 4 is 5.91 Å². The third-order valence-electron chi connectivity index (χ3n) is 2.32. The molecule has 1 amide bonds. The maximum absolute atomic E-state index is 11.3. The average molecular weight is 200 g/mol. The number of amides is 1. The summed E-state index contributed by atoms with van der Waals surface area (Å²) in [5.41, 5.74) is 5.61. The quantitative estimate of drug-likeness (QED) is 0.683. The lowest BCUT2D eigenvalue weighted by atomic mass is 9.87. The number of hydrogen-bond acceptors (Lipinski definition) is 2. The highest BCUT2D eigenvalue weighted by molar-refractivity contribution is 5.77. The molecule has 0 aromatic rings. The highest BCUT2D eigenvalue weighted by Gasteiger charge is 2.18. The molecular weight excluding hydrogens is 176 g/mol. The minimum absolute atomic E-state index is 0.0697. The molecular formula is C11H24N2O. The molecule has 0 rings (SSSR count). The molecule has 3 heteroatoms. The van der Waals surface area contributed by atoms with Gasteiger partial charge in [-0.3, -0.25) is 4.79 Å². The summed E-state index contributed by atoms with van der Waals surface area (Å²) in [6.07, 6.45) is 2.08. The molecule has 0 spiro atoms. The van der Waals surface area contributed by atoms with Gasteiger partial charge in [0.1, 0.15) is 0 Å². The molecule has 0 aromatic heterocycles. The first-order chi connectivity index (χ1) is 6.39. The van der Waals surface area contributed by atoms with Crippen LogP contribution in [0.15, 0.2) is 0 Å². The van der Waals surface area contributed by atoms with Crippen molar-refractivity contribution in [3.05, 3.63) is 0 Å². The fraction of sp³-hybridized carbons (Fsp3) is 0.909. The zero-order valence-electron chi connectivity index (χ0n) is 9.89. The fourth-order valence-electron chi connectivity index (χ4n) is 1.20. The zero-order chi connectivity index (χ0) is 11.2. The van der Waals surface area contributed by atoms with Gasteiger partial charge in [0.15, 0.2) is 0 Å². The van der Waals surface area contributed by atoms with Gasteiger partial charge in [-0.2, -0.15) is 0 Å². The van der Waals surface area contributed by atoms with Crippen molar-refractivity contribution in [1.82, 2.24) is 5.32 Å². The van der Waals surface area contributed by atoms with Crippen molar-refractivity contribution in [3.8, 4) is 0 Å². The SMILES string of the molecule is CC(C)C(=O)NCC(C)(C)CCCN. The van der Waals surface area contributed by atoms with Gasteiger partial charge in [0, 0.05) is 12.5 Å². The Morgan fingerprint density at radius 3 is 2.43 bits per heavy atom. The Morgan fingerprint density at radius 2 is 2.00 bits per heavy atom. The van der Waals surface area contributed by atoms with Crippen LogP contribution >= 0.6 is 0 Å². The Hall–Kier alpha value is -0.570. The molecule has 0 aliphatic rings. The second-order valence-electron chi connectivity index (χ2n) is 4.93. The van der Waals surface area contributed by atoms with E-state index in [0.717, 1.165) is 25.9 Å². The van der Waals surface area contributed by atoms with E-state index in [1.54, 1.807) is 0 Å². The Balaban J connectivity index is 3.80. The monoisotopic (exact) mass is 200 g/mol. The summed E-state index contributed by atoms with van der Waals surface area (Å²) in [5, 5.41) is 2.95. The summed E-state index contributed by atoms with van der Waals surface area (Å²) in [5.74, 6) is 0.200. The Kier molecular flexibility index (Phi) is 5.77. The first-order valence-electron chi connectivity index (χ1n) is 5.37. The van der Waals surface area contributed by atoms with Crippen LogP contribution in [-0.2, 0) is 4.79 Å². The second kappa shape index (κ2) is 6.02. The van der Waals surface area contributed by atoms with Gasteiger partial charge >= 0.3 is 0 Å². The molecule has 0 fully saturated rings. The largest absolute Gasteiger partial charge is 0.355 e. The average Bonchev–Trinajstić information content (AvgIpc) is 2.11.